The number of aromatic carboxylic acids is 1. The number of hydrogen-bond acceptors (Lipinski definition) is 3. The summed E-state index contributed by atoms with van der Waals surface area (Å²) in [6, 6.07) is 14.4. The molecule has 2 amide bonds. The van der Waals surface area contributed by atoms with E-state index in [4.69, 9.17) is 5.11 Å². The van der Waals surface area contributed by atoms with Gasteiger partial charge < -0.3 is 15.7 Å². The van der Waals surface area contributed by atoms with Crippen molar-refractivity contribution in [3.63, 3.8) is 0 Å². The Morgan fingerprint density at radius 2 is 1.48 bits per heavy atom. The number of carbonyl (C=O) groups excluding carboxylic acids is 1. The van der Waals surface area contributed by atoms with Crippen LogP contribution >= 0.6 is 0 Å². The Morgan fingerprint density at radius 1 is 0.889 bits per heavy atom. The Morgan fingerprint density at radius 3 is 2.07 bits per heavy atom. The molecule has 0 saturated carbocycles. The molecule has 0 aliphatic heterocycles. The molecule has 0 saturated heterocycles. The predicted molar refractivity (Wildman–Crippen MR) is 106 cm³/mol. The highest BCUT2D eigenvalue weighted by Crippen LogP contribution is 2.08. The smallest absolute Gasteiger partial charge is 0.335 e. The SMILES string of the molecule is CCN(CC)Cc1cccc(CNC(=O)NCc2ccc(C(=O)O)cc2)c1. The van der Waals surface area contributed by atoms with E-state index in [9.17, 15) is 9.59 Å². The van der Waals surface area contributed by atoms with Crippen LogP contribution in [0.25, 0.3) is 0 Å². The molecule has 27 heavy (non-hydrogen) atoms. The summed E-state index contributed by atoms with van der Waals surface area (Å²) in [6.45, 7) is 8.01. The van der Waals surface area contributed by atoms with Gasteiger partial charge in [0, 0.05) is 19.6 Å². The predicted octanol–water partition coefficient (Wildman–Crippen LogP) is 3.23. The van der Waals surface area contributed by atoms with Crippen molar-refractivity contribution in [2.45, 2.75) is 33.5 Å². The summed E-state index contributed by atoms with van der Waals surface area (Å²) in [5.74, 6) is -0.963. The van der Waals surface area contributed by atoms with Crippen LogP contribution in [0.2, 0.25) is 0 Å². The van der Waals surface area contributed by atoms with Crippen molar-refractivity contribution in [3.05, 3.63) is 70.8 Å². The van der Waals surface area contributed by atoms with Crippen molar-refractivity contribution >= 4 is 12.0 Å². The number of amides is 2. The standard InChI is InChI=1S/C21H27N3O3/c1-3-24(4-2)15-18-7-5-6-17(12-18)14-23-21(27)22-13-16-8-10-19(11-9-16)20(25)26/h5-12H,3-4,13-15H2,1-2H3,(H,25,26)(H2,22,23,27). The molecule has 0 unspecified atom stereocenters. The average molecular weight is 369 g/mol. The molecule has 2 aromatic rings. The summed E-state index contributed by atoms with van der Waals surface area (Å²) in [6.07, 6.45) is 0. The van der Waals surface area contributed by atoms with E-state index < -0.39 is 5.97 Å². The monoisotopic (exact) mass is 369 g/mol. The highest BCUT2D eigenvalue weighted by molar-refractivity contribution is 5.87. The van der Waals surface area contributed by atoms with Crippen molar-refractivity contribution in [1.29, 1.82) is 0 Å². The maximum absolute atomic E-state index is 12.0. The number of benzene rings is 2. The molecule has 0 aromatic heterocycles. The van der Waals surface area contributed by atoms with E-state index in [0.717, 1.165) is 30.8 Å². The molecule has 144 valence electrons. The Balaban J connectivity index is 1.80. The van der Waals surface area contributed by atoms with Gasteiger partial charge in [-0.1, -0.05) is 50.2 Å². The zero-order valence-electron chi connectivity index (χ0n) is 15.9. The van der Waals surface area contributed by atoms with Gasteiger partial charge in [0.2, 0.25) is 0 Å². The lowest BCUT2D eigenvalue weighted by Crippen LogP contribution is -2.34. The third-order valence-corrected chi connectivity index (χ3v) is 4.40. The lowest BCUT2D eigenvalue weighted by Gasteiger charge is -2.18. The van der Waals surface area contributed by atoms with Gasteiger partial charge in [0.1, 0.15) is 0 Å². The molecule has 0 radical (unpaired) electrons. The topological polar surface area (TPSA) is 81.7 Å². The van der Waals surface area contributed by atoms with Crippen molar-refractivity contribution in [2.24, 2.45) is 0 Å². The van der Waals surface area contributed by atoms with Crippen LogP contribution in [0, 0.1) is 0 Å². The zero-order chi connectivity index (χ0) is 19.6. The second-order valence-electron chi connectivity index (χ2n) is 6.32. The minimum atomic E-state index is -0.963. The Labute approximate surface area is 160 Å². The van der Waals surface area contributed by atoms with E-state index in [2.05, 4.69) is 41.5 Å². The molecule has 0 fully saturated rings. The Kier molecular flexibility index (Phi) is 7.82. The van der Waals surface area contributed by atoms with Crippen LogP contribution in [0.3, 0.4) is 0 Å². The lowest BCUT2D eigenvalue weighted by atomic mass is 10.1. The van der Waals surface area contributed by atoms with E-state index in [1.54, 1.807) is 12.1 Å². The number of nitrogens with one attached hydrogen (secondary N) is 2. The zero-order valence-corrected chi connectivity index (χ0v) is 15.9. The molecular formula is C21H27N3O3. The summed E-state index contributed by atoms with van der Waals surface area (Å²) < 4.78 is 0. The molecule has 0 atom stereocenters. The van der Waals surface area contributed by atoms with Gasteiger partial charge in [-0.15, -0.1) is 0 Å². The Hall–Kier alpha value is -2.86. The molecule has 2 aromatic carbocycles. The molecule has 0 heterocycles. The van der Waals surface area contributed by atoms with Crippen LogP contribution in [0.15, 0.2) is 48.5 Å². The lowest BCUT2D eigenvalue weighted by molar-refractivity contribution is 0.0697. The van der Waals surface area contributed by atoms with Crippen molar-refractivity contribution in [2.75, 3.05) is 13.1 Å². The first-order chi connectivity index (χ1) is 13.0. The molecular weight excluding hydrogens is 342 g/mol. The van der Waals surface area contributed by atoms with Gasteiger partial charge in [-0.3, -0.25) is 4.90 Å². The molecule has 0 aliphatic carbocycles. The van der Waals surface area contributed by atoms with E-state index in [1.165, 1.54) is 17.7 Å². The van der Waals surface area contributed by atoms with Crippen LogP contribution in [0.4, 0.5) is 4.79 Å². The number of hydrogen-bond donors (Lipinski definition) is 3. The van der Waals surface area contributed by atoms with E-state index in [-0.39, 0.29) is 11.6 Å². The summed E-state index contributed by atoms with van der Waals surface area (Å²) in [5, 5.41) is 14.5. The third-order valence-electron chi connectivity index (χ3n) is 4.40. The molecule has 0 bridgehead atoms. The van der Waals surface area contributed by atoms with Gasteiger partial charge >= 0.3 is 12.0 Å². The quantitative estimate of drug-likeness (QED) is 0.634. The van der Waals surface area contributed by atoms with E-state index >= 15 is 0 Å². The molecule has 0 spiro atoms. The van der Waals surface area contributed by atoms with Crippen molar-refractivity contribution in [1.82, 2.24) is 15.5 Å². The number of carboxylic acid groups (broad SMARTS) is 1. The van der Waals surface area contributed by atoms with Crippen LogP contribution in [0.1, 0.15) is 40.9 Å². The fourth-order valence-electron chi connectivity index (χ4n) is 2.74. The van der Waals surface area contributed by atoms with Gasteiger partial charge in [0.15, 0.2) is 0 Å². The van der Waals surface area contributed by atoms with Crippen molar-refractivity contribution < 1.29 is 14.7 Å². The fraction of sp³-hybridized carbons (Fsp3) is 0.333. The Bertz CT molecular complexity index is 756. The van der Waals surface area contributed by atoms with Crippen LogP contribution in [-0.4, -0.2) is 35.1 Å². The third kappa shape index (κ3) is 6.75. The molecule has 3 N–H and O–H groups in total. The van der Waals surface area contributed by atoms with Gasteiger partial charge in [0.05, 0.1) is 5.56 Å². The minimum Gasteiger partial charge on any atom is -0.478 e. The van der Waals surface area contributed by atoms with Gasteiger partial charge in [0.25, 0.3) is 0 Å². The first-order valence-electron chi connectivity index (χ1n) is 9.16. The highest BCUT2D eigenvalue weighted by atomic mass is 16.4. The maximum Gasteiger partial charge on any atom is 0.335 e. The molecule has 0 aliphatic rings. The van der Waals surface area contributed by atoms with Gasteiger partial charge in [-0.05, 0) is 41.9 Å². The second-order valence-corrected chi connectivity index (χ2v) is 6.32. The largest absolute Gasteiger partial charge is 0.478 e. The van der Waals surface area contributed by atoms with Gasteiger partial charge in [-0.25, -0.2) is 9.59 Å². The highest BCUT2D eigenvalue weighted by Gasteiger charge is 2.05. The number of carboxylic acids is 1. The summed E-state index contributed by atoms with van der Waals surface area (Å²) >= 11 is 0. The van der Waals surface area contributed by atoms with E-state index in [1.807, 2.05) is 12.1 Å². The number of nitrogens with zero attached hydrogens (tertiary/aromatic N) is 1. The molecule has 2 rings (SSSR count). The second kappa shape index (κ2) is 10.3. The van der Waals surface area contributed by atoms with Crippen molar-refractivity contribution in [3.8, 4) is 0 Å². The number of carbonyl (C=O) groups is 2. The summed E-state index contributed by atoms with van der Waals surface area (Å²) in [7, 11) is 0. The molecule has 6 nitrogen and oxygen atoms in total. The fourth-order valence-corrected chi connectivity index (χ4v) is 2.74. The first-order valence-corrected chi connectivity index (χ1v) is 9.16. The van der Waals surface area contributed by atoms with Crippen LogP contribution in [0.5, 0.6) is 0 Å². The average Bonchev–Trinajstić information content (AvgIpc) is 2.69. The number of rotatable bonds is 9. The molecule has 6 heteroatoms. The van der Waals surface area contributed by atoms with Crippen LogP contribution in [-0.2, 0) is 19.6 Å². The van der Waals surface area contributed by atoms with E-state index in [0.29, 0.717) is 13.1 Å². The van der Waals surface area contributed by atoms with Gasteiger partial charge in [-0.2, -0.15) is 0 Å². The number of urea groups is 1. The first kappa shape index (κ1) is 20.5. The maximum atomic E-state index is 12.0. The van der Waals surface area contributed by atoms with Crippen LogP contribution < -0.4 is 10.6 Å². The summed E-state index contributed by atoms with van der Waals surface area (Å²) in [4.78, 5) is 25.2. The normalized spacial score (nSPS) is 10.6. The summed E-state index contributed by atoms with van der Waals surface area (Å²) in [5.41, 5.74) is 3.36. The minimum absolute atomic E-state index is 0.229.